The van der Waals surface area contributed by atoms with Crippen LogP contribution in [0, 0.1) is 5.82 Å². The average Bonchev–Trinajstić information content (AvgIpc) is 2.41. The average molecular weight is 306 g/mol. The minimum absolute atomic E-state index is 0.125. The molecule has 2 aromatic rings. The van der Waals surface area contributed by atoms with Crippen molar-refractivity contribution >= 4 is 11.6 Å². The molecule has 3 heteroatoms. The molecule has 0 fully saturated rings. The highest BCUT2D eigenvalue weighted by atomic mass is 35.5. The number of rotatable bonds is 3. The van der Waals surface area contributed by atoms with Gasteiger partial charge in [-0.2, -0.15) is 0 Å². The van der Waals surface area contributed by atoms with Gasteiger partial charge >= 0.3 is 0 Å². The van der Waals surface area contributed by atoms with Crippen LogP contribution in [0.15, 0.2) is 42.5 Å². The lowest BCUT2D eigenvalue weighted by Gasteiger charge is -2.19. The van der Waals surface area contributed by atoms with Crippen LogP contribution in [0.4, 0.5) is 4.39 Å². The van der Waals surface area contributed by atoms with E-state index in [1.165, 1.54) is 11.6 Å². The maximum atomic E-state index is 13.5. The van der Waals surface area contributed by atoms with Crippen LogP contribution in [-0.4, -0.2) is 0 Å². The third-order valence-electron chi connectivity index (χ3n) is 3.65. The molecule has 2 N–H and O–H groups in total. The molecule has 0 amide bonds. The first-order valence-electron chi connectivity index (χ1n) is 7.07. The fraction of sp³-hybridized carbons (Fsp3) is 0.333. The second-order valence-electron chi connectivity index (χ2n) is 6.43. The topological polar surface area (TPSA) is 26.0 Å². The molecule has 1 nitrogen and oxygen atoms in total. The molecule has 1 atom stereocenters. The van der Waals surface area contributed by atoms with Crippen molar-refractivity contribution in [3.8, 4) is 0 Å². The second-order valence-corrected chi connectivity index (χ2v) is 6.84. The Bertz CT molecular complexity index is 614. The van der Waals surface area contributed by atoms with Gasteiger partial charge in [0, 0.05) is 6.04 Å². The first-order chi connectivity index (χ1) is 9.77. The summed E-state index contributed by atoms with van der Waals surface area (Å²) in [5.74, 6) is -0.423. The molecule has 0 saturated carbocycles. The van der Waals surface area contributed by atoms with Crippen LogP contribution in [0.5, 0.6) is 0 Å². The molecule has 2 rings (SSSR count). The summed E-state index contributed by atoms with van der Waals surface area (Å²) >= 11 is 5.69. The van der Waals surface area contributed by atoms with E-state index >= 15 is 0 Å². The Morgan fingerprint density at radius 2 is 1.71 bits per heavy atom. The van der Waals surface area contributed by atoms with Crippen molar-refractivity contribution in [2.75, 3.05) is 0 Å². The molecule has 0 heterocycles. The number of hydrogen-bond donors (Lipinski definition) is 1. The first-order valence-corrected chi connectivity index (χ1v) is 7.45. The van der Waals surface area contributed by atoms with E-state index in [1.54, 1.807) is 12.1 Å². The van der Waals surface area contributed by atoms with Gasteiger partial charge in [0.2, 0.25) is 0 Å². The van der Waals surface area contributed by atoms with Gasteiger partial charge in [0.1, 0.15) is 5.82 Å². The molecule has 0 saturated heterocycles. The zero-order chi connectivity index (χ0) is 15.6. The summed E-state index contributed by atoms with van der Waals surface area (Å²) in [7, 11) is 0. The van der Waals surface area contributed by atoms with Gasteiger partial charge in [-0.05, 0) is 40.7 Å². The SMILES string of the molecule is CC(C)(C)c1ccc(CC(N)c2ccc(Cl)c(F)c2)cc1. The Hall–Kier alpha value is -1.38. The van der Waals surface area contributed by atoms with Crippen molar-refractivity contribution in [2.45, 2.75) is 38.6 Å². The highest BCUT2D eigenvalue weighted by molar-refractivity contribution is 6.30. The molecule has 0 aliphatic rings. The quantitative estimate of drug-likeness (QED) is 0.846. The number of hydrogen-bond acceptors (Lipinski definition) is 1. The van der Waals surface area contributed by atoms with E-state index in [4.69, 9.17) is 17.3 Å². The summed E-state index contributed by atoms with van der Waals surface area (Å²) in [6.45, 7) is 6.55. The highest BCUT2D eigenvalue weighted by Crippen LogP contribution is 2.25. The summed E-state index contributed by atoms with van der Waals surface area (Å²) in [6.07, 6.45) is 0.672. The van der Waals surface area contributed by atoms with Gasteiger partial charge in [-0.25, -0.2) is 4.39 Å². The largest absolute Gasteiger partial charge is 0.324 e. The van der Waals surface area contributed by atoms with E-state index in [0.29, 0.717) is 6.42 Å². The predicted octanol–water partition coefficient (Wildman–Crippen LogP) is 5.02. The zero-order valence-electron chi connectivity index (χ0n) is 12.7. The molecule has 1 unspecified atom stereocenters. The minimum atomic E-state index is -0.423. The Kier molecular flexibility index (Phi) is 4.70. The van der Waals surface area contributed by atoms with Gasteiger partial charge in [-0.3, -0.25) is 0 Å². The van der Waals surface area contributed by atoms with E-state index < -0.39 is 5.82 Å². The number of halogens is 2. The van der Waals surface area contributed by atoms with Crippen LogP contribution >= 0.6 is 11.6 Å². The Labute approximate surface area is 130 Å². The van der Waals surface area contributed by atoms with Crippen molar-refractivity contribution in [1.82, 2.24) is 0 Å². The molecular weight excluding hydrogens is 285 g/mol. The van der Waals surface area contributed by atoms with E-state index in [2.05, 4.69) is 45.0 Å². The monoisotopic (exact) mass is 305 g/mol. The predicted molar refractivity (Wildman–Crippen MR) is 87.2 cm³/mol. The normalized spacial score (nSPS) is 13.2. The van der Waals surface area contributed by atoms with E-state index in [1.807, 2.05) is 0 Å². The van der Waals surface area contributed by atoms with E-state index in [-0.39, 0.29) is 16.5 Å². The van der Waals surface area contributed by atoms with Crippen LogP contribution < -0.4 is 5.73 Å². The smallest absolute Gasteiger partial charge is 0.142 e. The van der Waals surface area contributed by atoms with Crippen molar-refractivity contribution in [2.24, 2.45) is 5.73 Å². The van der Waals surface area contributed by atoms with Crippen molar-refractivity contribution in [3.63, 3.8) is 0 Å². The molecule has 0 aliphatic carbocycles. The van der Waals surface area contributed by atoms with Crippen LogP contribution in [0.25, 0.3) is 0 Å². The fourth-order valence-electron chi connectivity index (χ4n) is 2.26. The van der Waals surface area contributed by atoms with Crippen molar-refractivity contribution in [1.29, 1.82) is 0 Å². The van der Waals surface area contributed by atoms with Gasteiger partial charge < -0.3 is 5.73 Å². The second kappa shape index (κ2) is 6.17. The molecule has 0 aliphatic heterocycles. The lowest BCUT2D eigenvalue weighted by atomic mass is 9.86. The van der Waals surface area contributed by atoms with Gasteiger partial charge in [-0.15, -0.1) is 0 Å². The molecule has 0 spiro atoms. The Morgan fingerprint density at radius 1 is 1.10 bits per heavy atom. The number of nitrogens with two attached hydrogens (primary N) is 1. The summed E-state index contributed by atoms with van der Waals surface area (Å²) in [6, 6.07) is 12.9. The van der Waals surface area contributed by atoms with Crippen LogP contribution in [0.1, 0.15) is 43.5 Å². The van der Waals surface area contributed by atoms with Gasteiger partial charge in [-0.1, -0.05) is 62.7 Å². The third kappa shape index (κ3) is 4.05. The van der Waals surface area contributed by atoms with Crippen molar-refractivity contribution in [3.05, 3.63) is 70.0 Å². The molecule has 21 heavy (non-hydrogen) atoms. The maximum absolute atomic E-state index is 13.5. The van der Waals surface area contributed by atoms with E-state index in [9.17, 15) is 4.39 Å². The summed E-state index contributed by atoms with van der Waals surface area (Å²) in [5.41, 5.74) is 9.49. The molecule has 0 aromatic heterocycles. The standard InChI is InChI=1S/C18H21ClFN/c1-18(2,3)14-7-4-12(5-8-14)10-17(21)13-6-9-15(19)16(20)11-13/h4-9,11,17H,10,21H2,1-3H3. The van der Waals surface area contributed by atoms with Crippen LogP contribution in [-0.2, 0) is 11.8 Å². The molecule has 0 radical (unpaired) electrons. The molecule has 2 aromatic carbocycles. The first kappa shape index (κ1) is 16.0. The Morgan fingerprint density at radius 3 is 2.24 bits per heavy atom. The van der Waals surface area contributed by atoms with Crippen LogP contribution in [0.3, 0.4) is 0 Å². The summed E-state index contributed by atoms with van der Waals surface area (Å²) in [5, 5.41) is 0.125. The van der Waals surface area contributed by atoms with E-state index in [0.717, 1.165) is 11.1 Å². The highest BCUT2D eigenvalue weighted by Gasteiger charge is 2.14. The number of benzene rings is 2. The van der Waals surface area contributed by atoms with Crippen molar-refractivity contribution < 1.29 is 4.39 Å². The van der Waals surface area contributed by atoms with Gasteiger partial charge in [0.15, 0.2) is 0 Å². The fourth-order valence-corrected chi connectivity index (χ4v) is 2.37. The zero-order valence-corrected chi connectivity index (χ0v) is 13.4. The summed E-state index contributed by atoms with van der Waals surface area (Å²) < 4.78 is 13.5. The van der Waals surface area contributed by atoms with Crippen LogP contribution in [0.2, 0.25) is 5.02 Å². The summed E-state index contributed by atoms with van der Waals surface area (Å²) in [4.78, 5) is 0. The van der Waals surface area contributed by atoms with Gasteiger partial charge in [0.05, 0.1) is 5.02 Å². The molecule has 0 bridgehead atoms. The third-order valence-corrected chi connectivity index (χ3v) is 3.95. The minimum Gasteiger partial charge on any atom is -0.324 e. The lowest BCUT2D eigenvalue weighted by Crippen LogP contribution is -2.14. The molecular formula is C18H21ClFN. The molecule has 112 valence electrons. The van der Waals surface area contributed by atoms with Gasteiger partial charge in [0.25, 0.3) is 0 Å². The lowest BCUT2D eigenvalue weighted by molar-refractivity contribution is 0.589. The Balaban J connectivity index is 2.12. The maximum Gasteiger partial charge on any atom is 0.142 e.